The molecule has 0 atom stereocenters. The number of aromatic nitrogens is 3. The van der Waals surface area contributed by atoms with Gasteiger partial charge in [-0.2, -0.15) is 5.10 Å². The molecule has 3 N–H and O–H groups in total. The van der Waals surface area contributed by atoms with Gasteiger partial charge in [0.05, 0.1) is 28.7 Å². The third-order valence-corrected chi connectivity index (χ3v) is 2.85. The van der Waals surface area contributed by atoms with Crippen molar-refractivity contribution in [2.75, 3.05) is 11.9 Å². The van der Waals surface area contributed by atoms with Crippen LogP contribution in [0.2, 0.25) is 0 Å². The first kappa shape index (κ1) is 12.2. The SMILES string of the molecule is NCC#Cc1ccc(C(=O)Nc2nccnn2)s1. The molecule has 0 radical (unpaired) electrons. The number of rotatable bonds is 2. The molecular formula is C11H9N5OS. The van der Waals surface area contributed by atoms with Gasteiger partial charge in [-0.15, -0.1) is 16.4 Å². The fourth-order valence-corrected chi connectivity index (χ4v) is 1.91. The molecule has 90 valence electrons. The molecule has 0 fully saturated rings. The van der Waals surface area contributed by atoms with Gasteiger partial charge in [0.2, 0.25) is 5.95 Å². The summed E-state index contributed by atoms with van der Waals surface area (Å²) in [5, 5.41) is 9.83. The number of nitrogens with zero attached hydrogens (tertiary/aromatic N) is 3. The number of amides is 1. The number of thiophene rings is 1. The molecular weight excluding hydrogens is 250 g/mol. The van der Waals surface area contributed by atoms with E-state index < -0.39 is 0 Å². The third-order valence-electron chi connectivity index (χ3n) is 1.85. The largest absolute Gasteiger partial charge is 0.320 e. The van der Waals surface area contributed by atoms with E-state index in [4.69, 9.17) is 5.73 Å². The second-order valence-corrected chi connectivity index (χ2v) is 4.17. The predicted octanol–water partition coefficient (Wildman–Crippen LogP) is 0.496. The highest BCUT2D eigenvalue weighted by Crippen LogP contribution is 2.16. The summed E-state index contributed by atoms with van der Waals surface area (Å²) in [7, 11) is 0. The first-order valence-electron chi connectivity index (χ1n) is 5.03. The van der Waals surface area contributed by atoms with Crippen LogP contribution in [0.3, 0.4) is 0 Å². The van der Waals surface area contributed by atoms with E-state index in [0.29, 0.717) is 11.4 Å². The van der Waals surface area contributed by atoms with E-state index in [-0.39, 0.29) is 11.9 Å². The molecule has 2 heterocycles. The van der Waals surface area contributed by atoms with Crippen molar-refractivity contribution in [2.45, 2.75) is 0 Å². The maximum absolute atomic E-state index is 11.8. The van der Waals surface area contributed by atoms with E-state index in [1.54, 1.807) is 12.1 Å². The average Bonchev–Trinajstić information content (AvgIpc) is 2.86. The van der Waals surface area contributed by atoms with Crippen LogP contribution < -0.4 is 11.1 Å². The molecule has 0 aliphatic rings. The van der Waals surface area contributed by atoms with E-state index >= 15 is 0 Å². The Kier molecular flexibility index (Phi) is 3.96. The van der Waals surface area contributed by atoms with Crippen LogP contribution in [-0.2, 0) is 0 Å². The molecule has 6 nitrogen and oxygen atoms in total. The number of carbonyl (C=O) groups excluding carboxylic acids is 1. The number of carbonyl (C=O) groups is 1. The summed E-state index contributed by atoms with van der Waals surface area (Å²) in [6.45, 7) is 0.295. The fraction of sp³-hybridized carbons (Fsp3) is 0.0909. The molecule has 2 aromatic rings. The molecule has 0 unspecified atom stereocenters. The molecule has 2 rings (SSSR count). The van der Waals surface area contributed by atoms with E-state index in [9.17, 15) is 4.79 Å². The molecule has 0 bridgehead atoms. The van der Waals surface area contributed by atoms with Crippen molar-refractivity contribution in [1.82, 2.24) is 15.2 Å². The van der Waals surface area contributed by atoms with Gasteiger partial charge in [-0.25, -0.2) is 4.98 Å². The Labute approximate surface area is 107 Å². The van der Waals surface area contributed by atoms with Crippen LogP contribution in [0.4, 0.5) is 5.95 Å². The molecule has 0 aliphatic carbocycles. The smallest absolute Gasteiger partial charge is 0.268 e. The summed E-state index contributed by atoms with van der Waals surface area (Å²) in [4.78, 5) is 17.0. The van der Waals surface area contributed by atoms with Gasteiger partial charge >= 0.3 is 0 Å². The van der Waals surface area contributed by atoms with Crippen LogP contribution in [0, 0.1) is 11.8 Å². The highest BCUT2D eigenvalue weighted by molar-refractivity contribution is 7.14. The normalized spacial score (nSPS) is 9.39. The standard InChI is InChI=1S/C11H9N5OS/c12-5-1-2-8-3-4-9(18-8)10(17)15-11-13-6-7-14-16-11/h3-4,6-7H,5,12H2,(H,13,15,16,17). The van der Waals surface area contributed by atoms with Gasteiger partial charge in [0.15, 0.2) is 0 Å². The minimum atomic E-state index is -0.284. The third kappa shape index (κ3) is 3.10. The van der Waals surface area contributed by atoms with Crippen molar-refractivity contribution in [3.63, 3.8) is 0 Å². The second kappa shape index (κ2) is 5.86. The maximum atomic E-state index is 11.8. The quantitative estimate of drug-likeness (QED) is 0.766. The van der Waals surface area contributed by atoms with Crippen molar-refractivity contribution in [3.8, 4) is 11.8 Å². The lowest BCUT2D eigenvalue weighted by molar-refractivity contribution is 0.102. The number of nitrogens with two attached hydrogens (primary N) is 1. The summed E-state index contributed by atoms with van der Waals surface area (Å²) in [6, 6.07) is 3.46. The second-order valence-electron chi connectivity index (χ2n) is 3.09. The van der Waals surface area contributed by atoms with Gasteiger partial charge in [-0.3, -0.25) is 10.1 Å². The van der Waals surface area contributed by atoms with Crippen molar-refractivity contribution >= 4 is 23.2 Å². The highest BCUT2D eigenvalue weighted by atomic mass is 32.1. The summed E-state index contributed by atoms with van der Waals surface area (Å²) in [5.74, 6) is 5.48. The lowest BCUT2D eigenvalue weighted by Crippen LogP contribution is -2.12. The van der Waals surface area contributed by atoms with Crippen LogP contribution in [0.25, 0.3) is 0 Å². The van der Waals surface area contributed by atoms with Crippen LogP contribution >= 0.6 is 11.3 Å². The first-order valence-corrected chi connectivity index (χ1v) is 5.85. The van der Waals surface area contributed by atoms with Crippen molar-refractivity contribution in [2.24, 2.45) is 5.73 Å². The summed E-state index contributed by atoms with van der Waals surface area (Å²) >= 11 is 1.28. The van der Waals surface area contributed by atoms with E-state index in [2.05, 4.69) is 32.3 Å². The maximum Gasteiger partial charge on any atom is 0.268 e. The van der Waals surface area contributed by atoms with Gasteiger partial charge in [0, 0.05) is 0 Å². The molecule has 2 aromatic heterocycles. The summed E-state index contributed by atoms with van der Waals surface area (Å²) in [5.41, 5.74) is 5.27. The Morgan fingerprint density at radius 2 is 2.33 bits per heavy atom. The van der Waals surface area contributed by atoms with Crippen LogP contribution in [0.1, 0.15) is 14.5 Å². The first-order chi connectivity index (χ1) is 8.79. The number of anilines is 1. The molecule has 7 heteroatoms. The van der Waals surface area contributed by atoms with Gasteiger partial charge < -0.3 is 5.73 Å². The minimum Gasteiger partial charge on any atom is -0.320 e. The van der Waals surface area contributed by atoms with E-state index in [0.717, 1.165) is 4.88 Å². The van der Waals surface area contributed by atoms with Gasteiger partial charge in [0.25, 0.3) is 5.91 Å². The monoisotopic (exact) mass is 259 g/mol. The summed E-state index contributed by atoms with van der Waals surface area (Å²) < 4.78 is 0. The Morgan fingerprint density at radius 1 is 1.44 bits per heavy atom. The topological polar surface area (TPSA) is 93.8 Å². The molecule has 0 aliphatic heterocycles. The fourth-order valence-electron chi connectivity index (χ4n) is 1.13. The van der Waals surface area contributed by atoms with Crippen molar-refractivity contribution < 1.29 is 4.79 Å². The van der Waals surface area contributed by atoms with Gasteiger partial charge in [0.1, 0.15) is 0 Å². The van der Waals surface area contributed by atoms with Crippen molar-refractivity contribution in [3.05, 3.63) is 34.3 Å². The number of hydrogen-bond acceptors (Lipinski definition) is 6. The molecule has 1 amide bonds. The van der Waals surface area contributed by atoms with E-state index in [1.807, 2.05) is 0 Å². The lowest BCUT2D eigenvalue weighted by atomic mass is 10.4. The zero-order valence-electron chi connectivity index (χ0n) is 9.25. The Morgan fingerprint density at radius 3 is 3.06 bits per heavy atom. The van der Waals surface area contributed by atoms with Gasteiger partial charge in [-0.1, -0.05) is 11.8 Å². The van der Waals surface area contributed by atoms with Gasteiger partial charge in [-0.05, 0) is 12.1 Å². The predicted molar refractivity (Wildman–Crippen MR) is 68.0 cm³/mol. The van der Waals surface area contributed by atoms with Crippen LogP contribution in [0.5, 0.6) is 0 Å². The zero-order chi connectivity index (χ0) is 12.8. The van der Waals surface area contributed by atoms with Crippen LogP contribution in [0.15, 0.2) is 24.5 Å². The number of nitrogens with one attached hydrogen (secondary N) is 1. The molecule has 0 saturated heterocycles. The minimum absolute atomic E-state index is 0.172. The molecule has 18 heavy (non-hydrogen) atoms. The van der Waals surface area contributed by atoms with Crippen molar-refractivity contribution in [1.29, 1.82) is 0 Å². The highest BCUT2D eigenvalue weighted by Gasteiger charge is 2.10. The average molecular weight is 259 g/mol. The van der Waals surface area contributed by atoms with E-state index in [1.165, 1.54) is 23.7 Å². The molecule has 0 aromatic carbocycles. The zero-order valence-corrected chi connectivity index (χ0v) is 10.1. The Hall–Kier alpha value is -2.30. The lowest BCUT2D eigenvalue weighted by Gasteiger charge is -1.98. The number of hydrogen-bond donors (Lipinski definition) is 2. The molecule has 0 saturated carbocycles. The van der Waals surface area contributed by atoms with Crippen LogP contribution in [-0.4, -0.2) is 27.6 Å². The summed E-state index contributed by atoms with van der Waals surface area (Å²) in [6.07, 6.45) is 2.89. The Bertz CT molecular complexity index is 599. The molecule has 0 spiro atoms. The Balaban J connectivity index is 2.08.